The molecule has 1 saturated heterocycles. The summed E-state index contributed by atoms with van der Waals surface area (Å²) in [6, 6.07) is 0. The van der Waals surface area contributed by atoms with Gasteiger partial charge in [0, 0.05) is 6.54 Å². The van der Waals surface area contributed by atoms with Crippen molar-refractivity contribution in [3.63, 3.8) is 0 Å². The van der Waals surface area contributed by atoms with Gasteiger partial charge in [0.2, 0.25) is 0 Å². The van der Waals surface area contributed by atoms with Crippen LogP contribution in [0.25, 0.3) is 0 Å². The standard InChI is InChI=1S/C5H10NO2/c7-6-4-2-1-3-5-8-6/h1-5H2/q-1. The predicted octanol–water partition coefficient (Wildman–Crippen LogP) is 0.902. The minimum absolute atomic E-state index is 0.542. The quantitative estimate of drug-likeness (QED) is 0.471. The molecule has 0 aromatic heterocycles. The van der Waals surface area contributed by atoms with Crippen LogP contribution in [0.1, 0.15) is 19.3 Å². The van der Waals surface area contributed by atoms with E-state index in [0.29, 0.717) is 18.4 Å². The van der Waals surface area contributed by atoms with Crippen molar-refractivity contribution >= 4 is 0 Å². The topological polar surface area (TPSA) is 35.5 Å². The molecule has 3 nitrogen and oxygen atoms in total. The summed E-state index contributed by atoms with van der Waals surface area (Å²) >= 11 is 0. The zero-order valence-corrected chi connectivity index (χ0v) is 4.80. The minimum atomic E-state index is 0.542. The molecular weight excluding hydrogens is 106 g/mol. The number of rotatable bonds is 0. The number of hydroxylamine groups is 2. The molecule has 0 aromatic carbocycles. The zero-order chi connectivity index (χ0) is 5.82. The molecule has 1 aliphatic rings. The number of hydrogen-bond acceptors (Lipinski definition) is 3. The van der Waals surface area contributed by atoms with Crippen molar-refractivity contribution < 1.29 is 4.84 Å². The maximum absolute atomic E-state index is 10.4. The Balaban J connectivity index is 2.17. The molecule has 3 heteroatoms. The van der Waals surface area contributed by atoms with Gasteiger partial charge in [-0.05, 0) is 19.3 Å². The highest BCUT2D eigenvalue weighted by molar-refractivity contribution is 4.50. The van der Waals surface area contributed by atoms with Gasteiger partial charge in [0.05, 0.1) is 6.61 Å². The molecule has 48 valence electrons. The van der Waals surface area contributed by atoms with Crippen molar-refractivity contribution in [3.8, 4) is 0 Å². The number of nitrogens with zero attached hydrogens (tertiary/aromatic N) is 1. The summed E-state index contributed by atoms with van der Waals surface area (Å²) in [6.45, 7) is 1.14. The molecule has 0 bridgehead atoms. The minimum Gasteiger partial charge on any atom is -0.762 e. The summed E-state index contributed by atoms with van der Waals surface area (Å²) in [5, 5.41) is 11.1. The van der Waals surface area contributed by atoms with E-state index in [9.17, 15) is 5.21 Å². The maximum atomic E-state index is 10.4. The summed E-state index contributed by atoms with van der Waals surface area (Å²) in [5.74, 6) is 0. The number of hydrogen-bond donors (Lipinski definition) is 0. The molecule has 1 heterocycles. The Morgan fingerprint density at radius 2 is 2.12 bits per heavy atom. The molecule has 0 radical (unpaired) electrons. The molecule has 0 N–H and O–H groups in total. The molecule has 1 fully saturated rings. The van der Waals surface area contributed by atoms with Crippen LogP contribution in [-0.4, -0.2) is 18.4 Å². The molecular formula is C5H10NO2-. The van der Waals surface area contributed by atoms with E-state index in [2.05, 4.69) is 4.84 Å². The van der Waals surface area contributed by atoms with Crippen LogP contribution in [0.2, 0.25) is 0 Å². The van der Waals surface area contributed by atoms with E-state index in [1.54, 1.807) is 0 Å². The summed E-state index contributed by atoms with van der Waals surface area (Å²) in [4.78, 5) is 4.68. The lowest BCUT2D eigenvalue weighted by atomic mass is 10.2. The van der Waals surface area contributed by atoms with E-state index in [1.807, 2.05) is 0 Å². The Hall–Kier alpha value is -0.120. The molecule has 0 aliphatic carbocycles. The third kappa shape index (κ3) is 1.78. The van der Waals surface area contributed by atoms with Crippen molar-refractivity contribution in [3.05, 3.63) is 5.21 Å². The average molecular weight is 116 g/mol. The first-order valence-electron chi connectivity index (χ1n) is 2.97. The Morgan fingerprint density at radius 3 is 3.00 bits per heavy atom. The summed E-state index contributed by atoms with van der Waals surface area (Å²) in [6.07, 6.45) is 3.13. The normalized spacial score (nSPS) is 25.1. The molecule has 0 aromatic rings. The second kappa shape index (κ2) is 3.02. The fourth-order valence-corrected chi connectivity index (χ4v) is 0.751. The molecule has 0 amide bonds. The molecule has 0 saturated carbocycles. The first-order valence-corrected chi connectivity index (χ1v) is 2.97. The van der Waals surface area contributed by atoms with Gasteiger partial charge in [0.1, 0.15) is 0 Å². The van der Waals surface area contributed by atoms with E-state index in [1.165, 1.54) is 0 Å². The molecule has 1 rings (SSSR count). The van der Waals surface area contributed by atoms with Gasteiger partial charge in [0.25, 0.3) is 0 Å². The fourth-order valence-electron chi connectivity index (χ4n) is 0.751. The van der Waals surface area contributed by atoms with Crippen molar-refractivity contribution in [2.75, 3.05) is 13.2 Å². The van der Waals surface area contributed by atoms with Crippen molar-refractivity contribution in [2.24, 2.45) is 0 Å². The SMILES string of the molecule is [O-]N1CCCCCO1. The van der Waals surface area contributed by atoms with Gasteiger partial charge in [-0.25, -0.2) is 0 Å². The van der Waals surface area contributed by atoms with Crippen LogP contribution in [0.15, 0.2) is 0 Å². The molecule has 0 unspecified atom stereocenters. The lowest BCUT2D eigenvalue weighted by molar-refractivity contribution is -0.111. The van der Waals surface area contributed by atoms with Gasteiger partial charge < -0.3 is 10.0 Å². The zero-order valence-electron chi connectivity index (χ0n) is 4.80. The highest BCUT2D eigenvalue weighted by Gasteiger charge is 1.97. The Kier molecular flexibility index (Phi) is 2.27. The first-order chi connectivity index (χ1) is 3.89. The Labute approximate surface area is 48.8 Å². The van der Waals surface area contributed by atoms with Crippen LogP contribution in [-0.2, 0) is 4.84 Å². The molecule has 0 spiro atoms. The monoisotopic (exact) mass is 116 g/mol. The van der Waals surface area contributed by atoms with E-state index >= 15 is 0 Å². The van der Waals surface area contributed by atoms with Gasteiger partial charge in [-0.3, -0.25) is 5.23 Å². The van der Waals surface area contributed by atoms with E-state index in [4.69, 9.17) is 0 Å². The van der Waals surface area contributed by atoms with Crippen LogP contribution in [0.4, 0.5) is 0 Å². The van der Waals surface area contributed by atoms with Gasteiger partial charge in [0.15, 0.2) is 0 Å². The van der Waals surface area contributed by atoms with Gasteiger partial charge >= 0.3 is 0 Å². The van der Waals surface area contributed by atoms with E-state index < -0.39 is 0 Å². The third-order valence-corrected chi connectivity index (χ3v) is 1.22. The summed E-state index contributed by atoms with van der Waals surface area (Å²) in [7, 11) is 0. The molecule has 8 heavy (non-hydrogen) atoms. The largest absolute Gasteiger partial charge is 0.762 e. The lowest BCUT2D eigenvalue weighted by Gasteiger charge is -2.23. The van der Waals surface area contributed by atoms with Gasteiger partial charge in [-0.15, -0.1) is 0 Å². The van der Waals surface area contributed by atoms with Crippen molar-refractivity contribution in [2.45, 2.75) is 19.3 Å². The van der Waals surface area contributed by atoms with Gasteiger partial charge in [-0.1, -0.05) is 0 Å². The summed E-state index contributed by atoms with van der Waals surface area (Å²) in [5.41, 5.74) is 0. The fraction of sp³-hybridized carbons (Fsp3) is 1.00. The van der Waals surface area contributed by atoms with Crippen LogP contribution in [0.5, 0.6) is 0 Å². The second-order valence-electron chi connectivity index (χ2n) is 1.95. The van der Waals surface area contributed by atoms with Crippen LogP contribution < -0.4 is 0 Å². The Morgan fingerprint density at radius 1 is 1.25 bits per heavy atom. The smallest absolute Gasteiger partial charge is 0.0673 e. The van der Waals surface area contributed by atoms with Crippen LogP contribution in [0, 0.1) is 5.21 Å². The van der Waals surface area contributed by atoms with E-state index in [-0.39, 0.29) is 0 Å². The molecule has 0 atom stereocenters. The summed E-state index contributed by atoms with van der Waals surface area (Å²) < 4.78 is 0. The van der Waals surface area contributed by atoms with Gasteiger partial charge in [-0.2, -0.15) is 0 Å². The molecule has 1 aliphatic heterocycles. The highest BCUT2D eigenvalue weighted by Crippen LogP contribution is 2.04. The Bertz CT molecular complexity index is 59.4. The average Bonchev–Trinajstić information content (AvgIpc) is 1.94. The van der Waals surface area contributed by atoms with Crippen LogP contribution >= 0.6 is 0 Å². The first kappa shape index (κ1) is 6.01. The lowest BCUT2D eigenvalue weighted by Crippen LogP contribution is -2.15. The predicted molar refractivity (Wildman–Crippen MR) is 29.9 cm³/mol. The third-order valence-electron chi connectivity index (χ3n) is 1.22. The van der Waals surface area contributed by atoms with Crippen molar-refractivity contribution in [1.29, 1.82) is 0 Å². The van der Waals surface area contributed by atoms with Crippen LogP contribution in [0.3, 0.4) is 0 Å². The second-order valence-corrected chi connectivity index (χ2v) is 1.95. The van der Waals surface area contributed by atoms with Crippen molar-refractivity contribution in [1.82, 2.24) is 5.23 Å². The van der Waals surface area contributed by atoms with E-state index in [0.717, 1.165) is 19.3 Å². The highest BCUT2D eigenvalue weighted by atomic mass is 16.9. The maximum Gasteiger partial charge on any atom is 0.0673 e.